The van der Waals surface area contributed by atoms with Gasteiger partial charge in [0.1, 0.15) is 17.4 Å². The van der Waals surface area contributed by atoms with E-state index >= 15 is 0 Å². The van der Waals surface area contributed by atoms with Gasteiger partial charge >= 0.3 is 0 Å². The summed E-state index contributed by atoms with van der Waals surface area (Å²) in [5.41, 5.74) is 9.03. The number of nitrogens with zero attached hydrogens (tertiary/aromatic N) is 3. The van der Waals surface area contributed by atoms with Gasteiger partial charge in [-0.1, -0.05) is 26.0 Å². The average molecular weight is 493 g/mol. The van der Waals surface area contributed by atoms with Gasteiger partial charge in [-0.25, -0.2) is 4.98 Å². The maximum absolute atomic E-state index is 13.5. The van der Waals surface area contributed by atoms with Crippen molar-refractivity contribution in [3.8, 4) is 11.8 Å². The first-order valence-electron chi connectivity index (χ1n) is 10.6. The Hall–Kier alpha value is -3.11. The molecule has 1 aromatic carbocycles. The number of benzene rings is 1. The molecule has 32 heavy (non-hydrogen) atoms. The van der Waals surface area contributed by atoms with Crippen molar-refractivity contribution in [2.24, 2.45) is 11.1 Å². The number of Topliss-reactive ketones (excluding diaryl/α,β-unsaturated/α-hetero) is 1. The summed E-state index contributed by atoms with van der Waals surface area (Å²) in [4.78, 5) is 19.8. The van der Waals surface area contributed by atoms with Crippen LogP contribution >= 0.6 is 15.9 Å². The Balaban J connectivity index is 1.93. The van der Waals surface area contributed by atoms with Gasteiger partial charge in [0.15, 0.2) is 5.78 Å². The van der Waals surface area contributed by atoms with Crippen molar-refractivity contribution in [1.29, 1.82) is 5.26 Å². The van der Waals surface area contributed by atoms with Crippen molar-refractivity contribution in [3.05, 3.63) is 75.3 Å². The smallest absolute Gasteiger partial charge is 0.162 e. The van der Waals surface area contributed by atoms with Gasteiger partial charge in [-0.15, -0.1) is 0 Å². The number of allylic oxidation sites excluding steroid dienone is 3. The molecule has 0 saturated heterocycles. The third kappa shape index (κ3) is 3.91. The van der Waals surface area contributed by atoms with E-state index in [0.29, 0.717) is 42.2 Å². The minimum atomic E-state index is -0.513. The Bertz CT molecular complexity index is 1160. The highest BCUT2D eigenvalue weighted by Crippen LogP contribution is 2.50. The predicted molar refractivity (Wildman–Crippen MR) is 127 cm³/mol. The minimum absolute atomic E-state index is 0.0393. The molecule has 0 radical (unpaired) electrons. The quantitative estimate of drug-likeness (QED) is 0.631. The monoisotopic (exact) mass is 492 g/mol. The number of rotatable bonds is 4. The van der Waals surface area contributed by atoms with Gasteiger partial charge in [-0.3, -0.25) is 9.69 Å². The van der Waals surface area contributed by atoms with Crippen LogP contribution in [-0.4, -0.2) is 17.4 Å². The number of halogens is 1. The lowest BCUT2D eigenvalue weighted by Crippen LogP contribution is -2.42. The highest BCUT2D eigenvalue weighted by atomic mass is 79.9. The SMILES string of the molecule is CCOc1ccc(C2C(C#N)=C(N)N(c3ccc(Br)cn3)C3=C2C(=O)CC(C)(C)C3)cc1. The Morgan fingerprint density at radius 3 is 2.56 bits per heavy atom. The average Bonchev–Trinajstić information content (AvgIpc) is 2.74. The molecule has 164 valence electrons. The van der Waals surface area contributed by atoms with Crippen LogP contribution in [0, 0.1) is 16.7 Å². The van der Waals surface area contributed by atoms with Gasteiger partial charge in [0.05, 0.1) is 24.2 Å². The highest BCUT2D eigenvalue weighted by Gasteiger charge is 2.44. The zero-order chi connectivity index (χ0) is 23.0. The maximum atomic E-state index is 13.5. The molecule has 7 heteroatoms. The van der Waals surface area contributed by atoms with E-state index in [1.807, 2.05) is 43.3 Å². The van der Waals surface area contributed by atoms with E-state index in [-0.39, 0.29) is 11.2 Å². The van der Waals surface area contributed by atoms with Crippen LogP contribution in [0.2, 0.25) is 0 Å². The van der Waals surface area contributed by atoms with Crippen molar-refractivity contribution >= 4 is 27.5 Å². The van der Waals surface area contributed by atoms with Gasteiger partial charge < -0.3 is 10.5 Å². The fourth-order valence-electron chi connectivity index (χ4n) is 4.53. The summed E-state index contributed by atoms with van der Waals surface area (Å²) >= 11 is 3.41. The molecule has 0 amide bonds. The van der Waals surface area contributed by atoms with Crippen molar-refractivity contribution in [2.75, 3.05) is 11.5 Å². The van der Waals surface area contributed by atoms with Gasteiger partial charge in [-0.2, -0.15) is 5.26 Å². The van der Waals surface area contributed by atoms with Crippen molar-refractivity contribution in [3.63, 3.8) is 0 Å². The number of nitrogens with two attached hydrogens (primary N) is 1. The summed E-state index contributed by atoms with van der Waals surface area (Å²) < 4.78 is 6.40. The van der Waals surface area contributed by atoms with Crippen LogP contribution in [0.3, 0.4) is 0 Å². The molecule has 0 bridgehead atoms. The van der Waals surface area contributed by atoms with Crippen LogP contribution in [-0.2, 0) is 4.79 Å². The fraction of sp³-hybridized carbons (Fsp3) is 0.320. The molecule has 2 N–H and O–H groups in total. The molecule has 0 spiro atoms. The summed E-state index contributed by atoms with van der Waals surface area (Å²) in [6.07, 6.45) is 2.75. The number of aromatic nitrogens is 1. The first-order valence-corrected chi connectivity index (χ1v) is 11.4. The largest absolute Gasteiger partial charge is 0.494 e. The molecule has 2 aromatic rings. The topological polar surface area (TPSA) is 92.2 Å². The van der Waals surface area contributed by atoms with E-state index in [9.17, 15) is 10.1 Å². The van der Waals surface area contributed by atoms with E-state index in [0.717, 1.165) is 21.5 Å². The first kappa shape index (κ1) is 22.1. The number of ether oxygens (including phenoxy) is 1. The molecular formula is C25H25BrN4O2. The second kappa shape index (κ2) is 8.44. The van der Waals surface area contributed by atoms with Crippen LogP contribution in [0.25, 0.3) is 0 Å². The molecule has 0 fully saturated rings. The highest BCUT2D eigenvalue weighted by molar-refractivity contribution is 9.10. The van der Waals surface area contributed by atoms with Crippen LogP contribution in [0.15, 0.2) is 69.7 Å². The molecular weight excluding hydrogens is 468 g/mol. The van der Waals surface area contributed by atoms with E-state index in [1.165, 1.54) is 0 Å². The molecule has 4 rings (SSSR count). The maximum Gasteiger partial charge on any atom is 0.162 e. The molecule has 2 heterocycles. The third-order valence-electron chi connectivity index (χ3n) is 5.85. The fourth-order valence-corrected chi connectivity index (χ4v) is 4.76. The van der Waals surface area contributed by atoms with Crippen molar-refractivity contribution < 1.29 is 9.53 Å². The number of pyridine rings is 1. The summed E-state index contributed by atoms with van der Waals surface area (Å²) in [7, 11) is 0. The molecule has 2 aliphatic rings. The van der Waals surface area contributed by atoms with Gasteiger partial charge in [0.25, 0.3) is 0 Å². The number of hydrogen-bond donors (Lipinski definition) is 1. The number of carbonyl (C=O) groups is 1. The second-order valence-corrected chi connectivity index (χ2v) is 9.73. The lowest BCUT2D eigenvalue weighted by Gasteiger charge is -2.43. The zero-order valence-electron chi connectivity index (χ0n) is 18.4. The molecule has 0 saturated carbocycles. The van der Waals surface area contributed by atoms with E-state index in [4.69, 9.17) is 10.5 Å². The Kier molecular flexibility index (Phi) is 5.83. The number of anilines is 1. The van der Waals surface area contributed by atoms with Gasteiger partial charge in [-0.05, 0) is 64.5 Å². The first-order chi connectivity index (χ1) is 15.3. The number of carbonyl (C=O) groups excluding carboxylic acids is 1. The van der Waals surface area contributed by atoms with Crippen molar-refractivity contribution in [2.45, 2.75) is 39.5 Å². The lowest BCUT2D eigenvalue weighted by atomic mass is 9.68. The summed E-state index contributed by atoms with van der Waals surface area (Å²) in [5.74, 6) is 1.17. The van der Waals surface area contributed by atoms with E-state index in [2.05, 4.69) is 40.8 Å². The van der Waals surface area contributed by atoms with Gasteiger partial charge in [0, 0.05) is 28.4 Å². The van der Waals surface area contributed by atoms with E-state index in [1.54, 1.807) is 11.1 Å². The van der Waals surface area contributed by atoms with E-state index < -0.39 is 5.92 Å². The zero-order valence-corrected chi connectivity index (χ0v) is 19.9. The van der Waals surface area contributed by atoms with Crippen LogP contribution in [0.5, 0.6) is 5.75 Å². The number of hydrogen-bond acceptors (Lipinski definition) is 6. The number of ketones is 1. The normalized spacial score (nSPS) is 20.2. The van der Waals surface area contributed by atoms with Crippen LogP contribution < -0.4 is 15.4 Å². The number of nitriles is 1. The lowest BCUT2D eigenvalue weighted by molar-refractivity contribution is -0.118. The Morgan fingerprint density at radius 1 is 1.25 bits per heavy atom. The summed E-state index contributed by atoms with van der Waals surface area (Å²) in [6, 6.07) is 13.5. The molecule has 1 aromatic heterocycles. The Morgan fingerprint density at radius 2 is 1.97 bits per heavy atom. The summed E-state index contributed by atoms with van der Waals surface area (Å²) in [6.45, 7) is 6.65. The molecule has 1 aliphatic heterocycles. The summed E-state index contributed by atoms with van der Waals surface area (Å²) in [5, 5.41) is 10.1. The van der Waals surface area contributed by atoms with Crippen molar-refractivity contribution in [1.82, 2.24) is 4.98 Å². The molecule has 1 atom stereocenters. The third-order valence-corrected chi connectivity index (χ3v) is 6.32. The predicted octanol–water partition coefficient (Wildman–Crippen LogP) is 5.18. The molecule has 1 aliphatic carbocycles. The van der Waals surface area contributed by atoms with Crippen LogP contribution in [0.4, 0.5) is 5.82 Å². The standard InChI is InChI=1S/C25H25BrN4O2/c1-4-32-17-8-5-15(6-9-17)22-18(13-27)24(28)30(21-10-7-16(26)14-29-21)19-11-25(2,3)12-20(31)23(19)22/h5-10,14,22H,4,11-12,28H2,1-3H3. The Labute approximate surface area is 196 Å². The molecule has 1 unspecified atom stereocenters. The van der Waals surface area contributed by atoms with Crippen LogP contribution in [0.1, 0.15) is 45.1 Å². The molecule has 6 nitrogen and oxygen atoms in total. The van der Waals surface area contributed by atoms with Gasteiger partial charge in [0.2, 0.25) is 0 Å². The second-order valence-electron chi connectivity index (χ2n) is 8.82. The minimum Gasteiger partial charge on any atom is -0.494 e.